The Kier molecular flexibility index (Phi) is 4.04. The maximum absolute atomic E-state index is 12.3. The fourth-order valence-corrected chi connectivity index (χ4v) is 1.21. The third-order valence-corrected chi connectivity index (χ3v) is 2.14. The minimum atomic E-state index is -4.68. The highest BCUT2D eigenvalue weighted by atomic mass is 19.4. The Labute approximate surface area is 106 Å². The van der Waals surface area contributed by atoms with Crippen LogP contribution < -0.4 is 10.9 Å². The molecule has 19 heavy (non-hydrogen) atoms. The molecule has 0 atom stereocenters. The number of alkyl halides is 3. The Hall–Kier alpha value is -1.83. The molecule has 3 N–H and O–H groups in total. The lowest BCUT2D eigenvalue weighted by molar-refractivity contribution is -0.141. The highest BCUT2D eigenvalue weighted by Gasteiger charge is 2.32. The van der Waals surface area contributed by atoms with Gasteiger partial charge >= 0.3 is 6.18 Å². The quantitative estimate of drug-likeness (QED) is 0.768. The van der Waals surface area contributed by atoms with Crippen LogP contribution in [0.3, 0.4) is 0 Å². The average Bonchev–Trinajstić information content (AvgIpc) is 2.23. The number of amides is 1. The zero-order valence-electron chi connectivity index (χ0n) is 10.3. The van der Waals surface area contributed by atoms with Gasteiger partial charge in [0.15, 0.2) is 0 Å². The average molecular weight is 278 g/mol. The van der Waals surface area contributed by atoms with Crippen LogP contribution >= 0.6 is 0 Å². The van der Waals surface area contributed by atoms with Crippen LogP contribution in [0.25, 0.3) is 0 Å². The van der Waals surface area contributed by atoms with Crippen molar-refractivity contribution < 1.29 is 23.1 Å². The lowest BCUT2D eigenvalue weighted by Gasteiger charge is -2.17. The number of nitrogens with one attached hydrogen (secondary N) is 2. The summed E-state index contributed by atoms with van der Waals surface area (Å²) in [5, 5.41) is 11.6. The van der Waals surface area contributed by atoms with Crippen LogP contribution in [-0.4, -0.2) is 28.1 Å². The molecule has 0 bridgehead atoms. The molecular weight excluding hydrogens is 265 g/mol. The van der Waals surface area contributed by atoms with E-state index in [0.717, 1.165) is 6.07 Å². The van der Waals surface area contributed by atoms with Crippen LogP contribution in [0.15, 0.2) is 16.9 Å². The minimum Gasteiger partial charge on any atom is -0.389 e. The Balaban J connectivity index is 2.92. The second-order valence-electron chi connectivity index (χ2n) is 4.61. The molecule has 1 rings (SSSR count). The van der Waals surface area contributed by atoms with E-state index in [9.17, 15) is 27.9 Å². The van der Waals surface area contributed by atoms with Gasteiger partial charge in [0.2, 0.25) is 0 Å². The molecule has 0 fully saturated rings. The van der Waals surface area contributed by atoms with Crippen molar-refractivity contribution in [2.45, 2.75) is 25.6 Å². The molecule has 5 nitrogen and oxygen atoms in total. The van der Waals surface area contributed by atoms with Crippen molar-refractivity contribution in [2.75, 3.05) is 6.54 Å². The summed E-state index contributed by atoms with van der Waals surface area (Å²) < 4.78 is 36.9. The molecule has 0 radical (unpaired) electrons. The van der Waals surface area contributed by atoms with Crippen molar-refractivity contribution in [3.8, 4) is 0 Å². The van der Waals surface area contributed by atoms with Gasteiger partial charge in [-0.2, -0.15) is 13.2 Å². The maximum Gasteiger partial charge on any atom is 0.431 e. The van der Waals surface area contributed by atoms with Gasteiger partial charge in [0.25, 0.3) is 11.5 Å². The molecule has 0 aliphatic rings. The number of aromatic amines is 1. The second kappa shape index (κ2) is 5.04. The number of H-pyrrole nitrogens is 1. The summed E-state index contributed by atoms with van der Waals surface area (Å²) in [5.74, 6) is -0.850. The molecule has 1 heterocycles. The molecule has 0 saturated carbocycles. The smallest absolute Gasteiger partial charge is 0.389 e. The molecule has 0 unspecified atom stereocenters. The number of hydrogen-bond acceptors (Lipinski definition) is 3. The first-order valence-corrected chi connectivity index (χ1v) is 5.32. The van der Waals surface area contributed by atoms with Gasteiger partial charge in [0.1, 0.15) is 11.3 Å². The Morgan fingerprint density at radius 1 is 1.37 bits per heavy atom. The van der Waals surface area contributed by atoms with E-state index >= 15 is 0 Å². The molecule has 1 aromatic heterocycles. The molecule has 106 valence electrons. The fourth-order valence-electron chi connectivity index (χ4n) is 1.21. The number of carbonyl (C=O) groups is 1. The molecular formula is C11H13F3N2O3. The summed E-state index contributed by atoms with van der Waals surface area (Å²) in [7, 11) is 0. The van der Waals surface area contributed by atoms with E-state index < -0.39 is 34.5 Å². The Bertz CT molecular complexity index is 529. The predicted octanol–water partition coefficient (Wildman–Crippen LogP) is 0.894. The number of hydrogen-bond donors (Lipinski definition) is 3. The van der Waals surface area contributed by atoms with Crippen LogP contribution in [0.5, 0.6) is 0 Å². The van der Waals surface area contributed by atoms with Crippen molar-refractivity contribution >= 4 is 5.91 Å². The van der Waals surface area contributed by atoms with Gasteiger partial charge in [-0.3, -0.25) is 9.59 Å². The zero-order chi connectivity index (χ0) is 14.8. The maximum atomic E-state index is 12.3. The number of aromatic nitrogens is 1. The topological polar surface area (TPSA) is 82.2 Å². The van der Waals surface area contributed by atoms with Gasteiger partial charge in [-0.15, -0.1) is 0 Å². The monoisotopic (exact) mass is 278 g/mol. The first kappa shape index (κ1) is 15.2. The Morgan fingerprint density at radius 2 is 1.95 bits per heavy atom. The third kappa shape index (κ3) is 4.40. The number of carbonyl (C=O) groups excluding carboxylic acids is 1. The van der Waals surface area contributed by atoms with Crippen molar-refractivity contribution in [2.24, 2.45) is 0 Å². The fraction of sp³-hybridized carbons (Fsp3) is 0.455. The van der Waals surface area contributed by atoms with Gasteiger partial charge < -0.3 is 15.4 Å². The normalized spacial score (nSPS) is 12.3. The number of rotatable bonds is 3. The Morgan fingerprint density at radius 3 is 2.37 bits per heavy atom. The molecule has 8 heteroatoms. The van der Waals surface area contributed by atoms with E-state index in [1.54, 1.807) is 4.98 Å². The van der Waals surface area contributed by atoms with Gasteiger partial charge in [0.05, 0.1) is 5.60 Å². The van der Waals surface area contributed by atoms with Gasteiger partial charge in [-0.05, 0) is 26.0 Å². The number of aliphatic hydroxyl groups is 1. The molecule has 0 saturated heterocycles. The first-order valence-electron chi connectivity index (χ1n) is 5.32. The largest absolute Gasteiger partial charge is 0.431 e. The van der Waals surface area contributed by atoms with Crippen LogP contribution in [0, 0.1) is 0 Å². The molecule has 0 spiro atoms. The number of pyridine rings is 1. The van der Waals surface area contributed by atoms with Crippen molar-refractivity contribution in [3.63, 3.8) is 0 Å². The van der Waals surface area contributed by atoms with Gasteiger partial charge in [-0.1, -0.05) is 0 Å². The molecule has 1 aromatic rings. The molecule has 0 aliphatic carbocycles. The van der Waals surface area contributed by atoms with E-state index in [0.29, 0.717) is 6.07 Å². The van der Waals surface area contributed by atoms with Gasteiger partial charge in [-0.25, -0.2) is 0 Å². The second-order valence-corrected chi connectivity index (χ2v) is 4.61. The lowest BCUT2D eigenvalue weighted by Crippen LogP contribution is -2.40. The summed E-state index contributed by atoms with van der Waals surface area (Å²) in [6, 6.07) is 1.40. The van der Waals surface area contributed by atoms with Crippen molar-refractivity contribution in [3.05, 3.63) is 33.7 Å². The van der Waals surface area contributed by atoms with Gasteiger partial charge in [0, 0.05) is 6.54 Å². The predicted molar refractivity (Wildman–Crippen MR) is 60.7 cm³/mol. The summed E-state index contributed by atoms with van der Waals surface area (Å²) in [6.07, 6.45) is -4.68. The van der Waals surface area contributed by atoms with Crippen molar-refractivity contribution in [1.29, 1.82) is 0 Å². The summed E-state index contributed by atoms with van der Waals surface area (Å²) in [6.45, 7) is 2.74. The van der Waals surface area contributed by atoms with Crippen LogP contribution in [0.1, 0.15) is 29.9 Å². The zero-order valence-corrected chi connectivity index (χ0v) is 10.3. The minimum absolute atomic E-state index is 0.133. The number of halogens is 3. The van der Waals surface area contributed by atoms with E-state index in [1.165, 1.54) is 13.8 Å². The lowest BCUT2D eigenvalue weighted by atomic mass is 10.1. The van der Waals surface area contributed by atoms with E-state index in [1.807, 2.05) is 0 Å². The molecule has 0 aliphatic heterocycles. The first-order chi connectivity index (χ1) is 8.50. The third-order valence-electron chi connectivity index (χ3n) is 2.14. The standard InChI is InChI=1S/C11H13F3N2O3/c1-10(2,19)5-15-8(17)6-3-4-7(11(12,13)14)16-9(6)18/h3-4,19H,5H2,1-2H3,(H,15,17)(H,16,18). The van der Waals surface area contributed by atoms with E-state index in [4.69, 9.17) is 0 Å². The molecule has 1 amide bonds. The summed E-state index contributed by atoms with van der Waals surface area (Å²) >= 11 is 0. The highest BCUT2D eigenvalue weighted by molar-refractivity contribution is 5.93. The van der Waals surface area contributed by atoms with Crippen LogP contribution in [-0.2, 0) is 6.18 Å². The van der Waals surface area contributed by atoms with Crippen LogP contribution in [0.4, 0.5) is 13.2 Å². The van der Waals surface area contributed by atoms with E-state index in [2.05, 4.69) is 5.32 Å². The van der Waals surface area contributed by atoms with E-state index in [-0.39, 0.29) is 6.54 Å². The molecule has 0 aromatic carbocycles. The highest BCUT2D eigenvalue weighted by Crippen LogP contribution is 2.26. The SMILES string of the molecule is CC(C)(O)CNC(=O)c1ccc(C(F)(F)F)[nH]c1=O. The summed E-state index contributed by atoms with van der Waals surface area (Å²) in [4.78, 5) is 24.5. The summed E-state index contributed by atoms with van der Waals surface area (Å²) in [5.41, 5.74) is -3.99. The van der Waals surface area contributed by atoms with Crippen molar-refractivity contribution in [1.82, 2.24) is 10.3 Å². The van der Waals surface area contributed by atoms with Crippen LogP contribution in [0.2, 0.25) is 0 Å².